The van der Waals surface area contributed by atoms with Crippen LogP contribution in [0.4, 0.5) is 4.79 Å². The highest BCUT2D eigenvalue weighted by atomic mass is 32.2. The molecule has 0 aliphatic carbocycles. The summed E-state index contributed by atoms with van der Waals surface area (Å²) in [6.45, 7) is 0.849. The number of amides is 2. The topological polar surface area (TPSA) is 65.1 Å². The molecule has 1 aliphatic rings. The fourth-order valence-corrected chi connectivity index (χ4v) is 4.52. The average molecular weight is 452 g/mol. The number of nitrogens with zero attached hydrogens (tertiary/aromatic N) is 1. The lowest BCUT2D eigenvalue weighted by Gasteiger charge is -2.16. The van der Waals surface area contributed by atoms with Crippen LogP contribution in [-0.2, 0) is 17.8 Å². The molecular formula is C25H25NO5S. The van der Waals surface area contributed by atoms with E-state index < -0.39 is 0 Å². The van der Waals surface area contributed by atoms with Crippen molar-refractivity contribution in [2.24, 2.45) is 0 Å². The lowest BCUT2D eigenvalue weighted by molar-refractivity contribution is -0.124. The van der Waals surface area contributed by atoms with Crippen molar-refractivity contribution in [2.75, 3.05) is 26.6 Å². The Hall–Kier alpha value is -3.19. The minimum atomic E-state index is -0.186. The fourth-order valence-electron chi connectivity index (χ4n) is 3.80. The van der Waals surface area contributed by atoms with Crippen molar-refractivity contribution >= 4 is 33.7 Å². The molecule has 1 heterocycles. The van der Waals surface area contributed by atoms with Gasteiger partial charge in [0.1, 0.15) is 5.75 Å². The predicted molar refractivity (Wildman–Crippen MR) is 126 cm³/mol. The summed E-state index contributed by atoms with van der Waals surface area (Å²) in [5.41, 5.74) is 2.09. The van der Waals surface area contributed by atoms with Crippen LogP contribution in [0.15, 0.2) is 54.6 Å². The van der Waals surface area contributed by atoms with E-state index in [4.69, 9.17) is 14.2 Å². The summed E-state index contributed by atoms with van der Waals surface area (Å²) in [6, 6.07) is 17.7. The van der Waals surface area contributed by atoms with Crippen molar-refractivity contribution in [3.63, 3.8) is 0 Å². The molecule has 3 aromatic rings. The van der Waals surface area contributed by atoms with Gasteiger partial charge in [0.2, 0.25) is 5.91 Å². The van der Waals surface area contributed by atoms with Crippen molar-refractivity contribution in [2.45, 2.75) is 19.4 Å². The molecule has 1 fully saturated rings. The maximum atomic E-state index is 12.0. The van der Waals surface area contributed by atoms with Crippen LogP contribution >= 0.6 is 11.8 Å². The number of hydrogen-bond donors (Lipinski definition) is 0. The fraction of sp³-hybridized carbons (Fsp3) is 0.280. The second-order valence-corrected chi connectivity index (χ2v) is 8.37. The largest absolute Gasteiger partial charge is 0.493 e. The third-order valence-electron chi connectivity index (χ3n) is 5.46. The Kier molecular flexibility index (Phi) is 6.85. The van der Waals surface area contributed by atoms with Crippen molar-refractivity contribution in [3.05, 3.63) is 65.7 Å². The molecule has 0 aromatic heterocycles. The van der Waals surface area contributed by atoms with Crippen molar-refractivity contribution < 1.29 is 23.8 Å². The summed E-state index contributed by atoms with van der Waals surface area (Å²) in [7, 11) is 3.26. The highest BCUT2D eigenvalue weighted by Crippen LogP contribution is 2.32. The van der Waals surface area contributed by atoms with Crippen LogP contribution in [0.5, 0.6) is 17.2 Å². The Balaban J connectivity index is 1.43. The summed E-state index contributed by atoms with van der Waals surface area (Å²) in [6.07, 6.45) is 1.70. The summed E-state index contributed by atoms with van der Waals surface area (Å²) < 4.78 is 16.8. The van der Waals surface area contributed by atoms with Gasteiger partial charge in [0.15, 0.2) is 11.5 Å². The number of rotatable bonds is 9. The molecule has 2 amide bonds. The molecule has 0 unspecified atom stereocenters. The first kappa shape index (κ1) is 22.0. The zero-order valence-electron chi connectivity index (χ0n) is 18.1. The van der Waals surface area contributed by atoms with Crippen LogP contribution < -0.4 is 14.2 Å². The molecule has 0 atom stereocenters. The maximum Gasteiger partial charge on any atom is 0.289 e. The first-order valence-electron chi connectivity index (χ1n) is 10.4. The number of fused-ring (bicyclic) bond motifs is 1. The van der Waals surface area contributed by atoms with Gasteiger partial charge in [-0.05, 0) is 47.6 Å². The molecule has 4 rings (SSSR count). The van der Waals surface area contributed by atoms with Gasteiger partial charge in [-0.25, -0.2) is 0 Å². The van der Waals surface area contributed by atoms with Gasteiger partial charge in [0, 0.05) is 5.39 Å². The van der Waals surface area contributed by atoms with E-state index in [0.29, 0.717) is 6.61 Å². The number of ether oxygens (including phenoxy) is 3. The molecule has 7 heteroatoms. The van der Waals surface area contributed by atoms with E-state index in [2.05, 4.69) is 0 Å². The molecule has 0 N–H and O–H groups in total. The van der Waals surface area contributed by atoms with E-state index in [9.17, 15) is 9.59 Å². The monoisotopic (exact) mass is 451 g/mol. The van der Waals surface area contributed by atoms with Gasteiger partial charge in [0.25, 0.3) is 5.24 Å². The third kappa shape index (κ3) is 4.67. The number of carbonyl (C=O) groups is 2. The molecule has 1 aliphatic heterocycles. The van der Waals surface area contributed by atoms with Crippen molar-refractivity contribution in [1.82, 2.24) is 4.90 Å². The van der Waals surface area contributed by atoms with Crippen LogP contribution in [0.2, 0.25) is 0 Å². The molecule has 0 bridgehead atoms. The molecule has 6 nitrogen and oxygen atoms in total. The maximum absolute atomic E-state index is 12.0. The number of benzene rings is 3. The first-order chi connectivity index (χ1) is 15.6. The van der Waals surface area contributed by atoms with Crippen LogP contribution in [0, 0.1) is 0 Å². The standard InChI is InChI=1S/C25H25NO5S/c1-29-22-11-9-17(14-23(22)30-2)6-5-13-31-21-12-10-18(19-7-3-4-8-20(19)21)15-26-24(27)16-32-25(26)28/h3-4,7-12,14H,5-6,13,15-16H2,1-2H3. The molecule has 3 aromatic carbocycles. The first-order valence-corrected chi connectivity index (χ1v) is 11.4. The quantitative estimate of drug-likeness (QED) is 0.424. The summed E-state index contributed by atoms with van der Waals surface area (Å²) in [5.74, 6) is 2.32. The van der Waals surface area contributed by atoms with Crippen LogP contribution in [0.1, 0.15) is 17.5 Å². The average Bonchev–Trinajstić information content (AvgIpc) is 3.14. The van der Waals surface area contributed by atoms with Crippen LogP contribution in [0.3, 0.4) is 0 Å². The van der Waals surface area contributed by atoms with Gasteiger partial charge >= 0.3 is 0 Å². The van der Waals surface area contributed by atoms with Gasteiger partial charge in [-0.1, -0.05) is 48.2 Å². The van der Waals surface area contributed by atoms with Crippen LogP contribution in [-0.4, -0.2) is 42.6 Å². The van der Waals surface area contributed by atoms with E-state index in [1.54, 1.807) is 14.2 Å². The molecule has 32 heavy (non-hydrogen) atoms. The van der Waals surface area contributed by atoms with Gasteiger partial charge in [-0.3, -0.25) is 14.5 Å². The molecule has 0 spiro atoms. The molecular weight excluding hydrogens is 426 g/mol. The SMILES string of the molecule is COc1ccc(CCCOc2ccc(CN3C(=O)CSC3=O)c3ccccc23)cc1OC. The number of thioether (sulfide) groups is 1. The second kappa shape index (κ2) is 9.96. The minimum Gasteiger partial charge on any atom is -0.493 e. The van der Waals surface area contributed by atoms with E-state index >= 15 is 0 Å². The second-order valence-electron chi connectivity index (χ2n) is 7.44. The smallest absolute Gasteiger partial charge is 0.289 e. The third-order valence-corrected chi connectivity index (χ3v) is 6.32. The zero-order valence-corrected chi connectivity index (χ0v) is 18.9. The van der Waals surface area contributed by atoms with Gasteiger partial charge in [0.05, 0.1) is 33.1 Å². The molecule has 166 valence electrons. The Morgan fingerprint density at radius 3 is 2.38 bits per heavy atom. The van der Waals surface area contributed by atoms with E-state index in [0.717, 1.165) is 63.8 Å². The van der Waals surface area contributed by atoms with Crippen molar-refractivity contribution in [3.8, 4) is 17.2 Å². The number of carbonyl (C=O) groups excluding carboxylic acids is 2. The number of imide groups is 1. The van der Waals surface area contributed by atoms with E-state index in [1.807, 2.05) is 54.6 Å². The van der Waals surface area contributed by atoms with Crippen molar-refractivity contribution in [1.29, 1.82) is 0 Å². The highest BCUT2D eigenvalue weighted by molar-refractivity contribution is 8.14. The highest BCUT2D eigenvalue weighted by Gasteiger charge is 2.30. The number of aryl methyl sites for hydroxylation is 1. The van der Waals surface area contributed by atoms with Crippen LogP contribution in [0.25, 0.3) is 10.8 Å². The lowest BCUT2D eigenvalue weighted by atomic mass is 10.0. The molecule has 1 saturated heterocycles. The Bertz CT molecular complexity index is 1130. The minimum absolute atomic E-state index is 0.139. The Labute approximate surface area is 191 Å². The van der Waals surface area contributed by atoms with Gasteiger partial charge in [-0.15, -0.1) is 0 Å². The van der Waals surface area contributed by atoms with E-state index in [-0.39, 0.29) is 23.4 Å². The van der Waals surface area contributed by atoms with Gasteiger partial charge < -0.3 is 14.2 Å². The Morgan fingerprint density at radius 2 is 1.66 bits per heavy atom. The summed E-state index contributed by atoms with van der Waals surface area (Å²) in [5, 5.41) is 1.78. The normalized spacial score (nSPS) is 13.6. The Morgan fingerprint density at radius 1 is 0.906 bits per heavy atom. The number of hydrogen-bond acceptors (Lipinski definition) is 6. The summed E-state index contributed by atoms with van der Waals surface area (Å²) >= 11 is 1.06. The number of methoxy groups -OCH3 is 2. The van der Waals surface area contributed by atoms with Gasteiger partial charge in [-0.2, -0.15) is 0 Å². The predicted octanol–water partition coefficient (Wildman–Crippen LogP) is 5.06. The molecule has 0 saturated carbocycles. The summed E-state index contributed by atoms with van der Waals surface area (Å²) in [4.78, 5) is 25.3. The lowest BCUT2D eigenvalue weighted by Crippen LogP contribution is -2.28. The molecule has 0 radical (unpaired) electrons. The zero-order chi connectivity index (χ0) is 22.5. The van der Waals surface area contributed by atoms with E-state index in [1.165, 1.54) is 4.90 Å².